The summed E-state index contributed by atoms with van der Waals surface area (Å²) in [6.07, 6.45) is 4.19. The quantitative estimate of drug-likeness (QED) is 0.437. The third kappa shape index (κ3) is 6.10. The molecule has 162 valence electrons. The number of carbonyl (C=O) groups excluding carboxylic acids is 1. The smallest absolute Gasteiger partial charge is 0.251 e. The lowest BCUT2D eigenvalue weighted by atomic mass is 10.1. The predicted octanol–water partition coefficient (Wildman–Crippen LogP) is 2.92. The van der Waals surface area contributed by atoms with Crippen LogP contribution < -0.4 is 16.0 Å². The van der Waals surface area contributed by atoms with Gasteiger partial charge in [0.25, 0.3) is 5.91 Å². The minimum Gasteiger partial charge on any atom is -0.468 e. The largest absolute Gasteiger partial charge is 0.468 e. The molecule has 2 aromatic rings. The summed E-state index contributed by atoms with van der Waals surface area (Å²) in [6, 6.07) is 11.8. The van der Waals surface area contributed by atoms with Gasteiger partial charge in [0.15, 0.2) is 5.96 Å². The first-order chi connectivity index (χ1) is 14.7. The molecule has 0 spiro atoms. The van der Waals surface area contributed by atoms with Crippen molar-refractivity contribution in [3.63, 3.8) is 0 Å². The number of aliphatic imine (C=N–C) groups is 1. The van der Waals surface area contributed by atoms with E-state index in [4.69, 9.17) is 9.41 Å². The van der Waals surface area contributed by atoms with E-state index in [2.05, 4.69) is 27.8 Å². The number of benzene rings is 1. The fraction of sp³-hybridized carbons (Fsp3) is 0.478. The number of furan rings is 1. The van der Waals surface area contributed by atoms with Gasteiger partial charge < -0.3 is 20.4 Å². The van der Waals surface area contributed by atoms with Gasteiger partial charge in [-0.05, 0) is 69.6 Å². The average Bonchev–Trinajstić information content (AvgIpc) is 3.47. The molecule has 1 atom stereocenters. The summed E-state index contributed by atoms with van der Waals surface area (Å²) < 4.78 is 5.71. The van der Waals surface area contributed by atoms with Gasteiger partial charge in [-0.1, -0.05) is 12.1 Å². The monoisotopic (exact) mass is 411 g/mol. The Bertz CT molecular complexity index is 813. The fourth-order valence-electron chi connectivity index (χ4n) is 3.72. The van der Waals surface area contributed by atoms with Crippen molar-refractivity contribution in [2.24, 2.45) is 4.99 Å². The lowest BCUT2D eigenvalue weighted by Gasteiger charge is -2.26. The lowest BCUT2D eigenvalue weighted by molar-refractivity contribution is 0.0955. The number of carbonyl (C=O) groups is 1. The van der Waals surface area contributed by atoms with Crippen LogP contribution >= 0.6 is 0 Å². The molecule has 0 radical (unpaired) electrons. The van der Waals surface area contributed by atoms with Crippen LogP contribution in [-0.2, 0) is 6.54 Å². The second kappa shape index (κ2) is 11.4. The summed E-state index contributed by atoms with van der Waals surface area (Å²) in [6.45, 7) is 8.76. The van der Waals surface area contributed by atoms with E-state index in [9.17, 15) is 4.79 Å². The molecule has 1 unspecified atom stereocenters. The van der Waals surface area contributed by atoms with Gasteiger partial charge in [-0.25, -0.2) is 4.99 Å². The Morgan fingerprint density at radius 2 is 1.90 bits per heavy atom. The van der Waals surface area contributed by atoms with Crippen LogP contribution in [0.2, 0.25) is 0 Å². The molecular weight excluding hydrogens is 378 g/mol. The highest BCUT2D eigenvalue weighted by Gasteiger charge is 2.25. The zero-order chi connectivity index (χ0) is 21.2. The molecule has 7 nitrogen and oxygen atoms in total. The number of nitrogens with zero attached hydrogens (tertiary/aromatic N) is 2. The van der Waals surface area contributed by atoms with Crippen molar-refractivity contribution in [1.29, 1.82) is 0 Å². The normalized spacial score (nSPS) is 15.7. The van der Waals surface area contributed by atoms with Crippen molar-refractivity contribution < 1.29 is 9.21 Å². The molecule has 0 bridgehead atoms. The van der Waals surface area contributed by atoms with Crippen molar-refractivity contribution in [2.75, 3.05) is 32.7 Å². The Balaban J connectivity index is 1.65. The maximum Gasteiger partial charge on any atom is 0.251 e. The van der Waals surface area contributed by atoms with Crippen molar-refractivity contribution in [3.05, 3.63) is 59.5 Å². The third-order valence-corrected chi connectivity index (χ3v) is 5.21. The van der Waals surface area contributed by atoms with Crippen LogP contribution in [0.5, 0.6) is 0 Å². The number of rotatable bonds is 9. The van der Waals surface area contributed by atoms with Crippen LogP contribution in [0.4, 0.5) is 0 Å². The van der Waals surface area contributed by atoms with Crippen LogP contribution in [0, 0.1) is 0 Å². The van der Waals surface area contributed by atoms with Gasteiger partial charge in [-0.15, -0.1) is 0 Å². The number of hydrogen-bond acceptors (Lipinski definition) is 4. The Kier molecular flexibility index (Phi) is 8.32. The minimum atomic E-state index is -0.0553. The van der Waals surface area contributed by atoms with E-state index < -0.39 is 0 Å². The summed E-state index contributed by atoms with van der Waals surface area (Å²) in [4.78, 5) is 19.3. The minimum absolute atomic E-state index is 0.0553. The van der Waals surface area contributed by atoms with Crippen molar-refractivity contribution in [3.8, 4) is 0 Å². The first-order valence-corrected chi connectivity index (χ1v) is 10.9. The van der Waals surface area contributed by atoms with Crippen LogP contribution in [0.15, 0.2) is 52.1 Å². The van der Waals surface area contributed by atoms with E-state index in [1.54, 1.807) is 6.26 Å². The Morgan fingerprint density at radius 1 is 1.10 bits per heavy atom. The predicted molar refractivity (Wildman–Crippen MR) is 120 cm³/mol. The molecule has 0 saturated carbocycles. The van der Waals surface area contributed by atoms with Crippen LogP contribution in [0.3, 0.4) is 0 Å². The molecule has 1 aliphatic rings. The van der Waals surface area contributed by atoms with Crippen LogP contribution in [0.25, 0.3) is 0 Å². The highest BCUT2D eigenvalue weighted by atomic mass is 16.3. The summed E-state index contributed by atoms with van der Waals surface area (Å²) >= 11 is 0. The summed E-state index contributed by atoms with van der Waals surface area (Å²) in [5.41, 5.74) is 1.66. The van der Waals surface area contributed by atoms with Crippen LogP contribution in [0.1, 0.15) is 54.4 Å². The Labute approximate surface area is 178 Å². The number of likely N-dealkylation sites (tertiary alicyclic amines) is 1. The highest BCUT2D eigenvalue weighted by Crippen LogP contribution is 2.24. The van der Waals surface area contributed by atoms with Gasteiger partial charge in [-0.3, -0.25) is 9.69 Å². The summed E-state index contributed by atoms with van der Waals surface area (Å²) in [5, 5.41) is 9.62. The fourth-order valence-corrected chi connectivity index (χ4v) is 3.72. The molecule has 1 amide bonds. The topological polar surface area (TPSA) is 81.9 Å². The molecule has 1 aliphatic heterocycles. The molecule has 3 rings (SSSR count). The first kappa shape index (κ1) is 21.9. The van der Waals surface area contributed by atoms with Crippen molar-refractivity contribution >= 4 is 11.9 Å². The molecule has 3 N–H and O–H groups in total. The zero-order valence-electron chi connectivity index (χ0n) is 18.0. The highest BCUT2D eigenvalue weighted by molar-refractivity contribution is 5.94. The standard InChI is InChI=1S/C23H33N5O2/c1-3-24-22(29)19-10-7-9-18(15-19)16-26-23(25-4-2)27-17-20(21-11-8-14-30-21)28-12-5-6-13-28/h7-11,14-15,20H,3-6,12-13,16-17H2,1-2H3,(H,24,29)(H2,25,26,27). The van der Waals surface area contributed by atoms with Crippen molar-refractivity contribution in [2.45, 2.75) is 39.3 Å². The second-order valence-corrected chi connectivity index (χ2v) is 7.41. The molecule has 2 heterocycles. The van der Waals surface area contributed by atoms with E-state index in [0.29, 0.717) is 18.7 Å². The molecule has 1 aromatic heterocycles. The first-order valence-electron chi connectivity index (χ1n) is 10.9. The van der Waals surface area contributed by atoms with Gasteiger partial charge in [0.2, 0.25) is 0 Å². The lowest BCUT2D eigenvalue weighted by Crippen LogP contribution is -2.42. The molecule has 30 heavy (non-hydrogen) atoms. The van der Waals surface area contributed by atoms with E-state index in [1.807, 2.05) is 43.3 Å². The molecule has 1 saturated heterocycles. The van der Waals surface area contributed by atoms with E-state index >= 15 is 0 Å². The maximum atomic E-state index is 12.1. The van der Waals surface area contributed by atoms with E-state index in [1.165, 1.54) is 12.8 Å². The number of guanidine groups is 1. The average molecular weight is 412 g/mol. The summed E-state index contributed by atoms with van der Waals surface area (Å²) in [5.74, 6) is 1.69. The molecule has 1 fully saturated rings. The molecule has 0 aliphatic carbocycles. The van der Waals surface area contributed by atoms with Gasteiger partial charge in [-0.2, -0.15) is 0 Å². The van der Waals surface area contributed by atoms with Gasteiger partial charge in [0, 0.05) is 25.2 Å². The molecule has 7 heteroatoms. The Morgan fingerprint density at radius 3 is 2.60 bits per heavy atom. The number of nitrogens with one attached hydrogen (secondary N) is 3. The Hall–Kier alpha value is -2.80. The van der Waals surface area contributed by atoms with Gasteiger partial charge >= 0.3 is 0 Å². The third-order valence-electron chi connectivity index (χ3n) is 5.21. The maximum absolute atomic E-state index is 12.1. The summed E-state index contributed by atoms with van der Waals surface area (Å²) in [7, 11) is 0. The van der Waals surface area contributed by atoms with Gasteiger partial charge in [0.05, 0.1) is 18.8 Å². The van der Waals surface area contributed by atoms with E-state index in [0.717, 1.165) is 43.5 Å². The zero-order valence-corrected chi connectivity index (χ0v) is 18.0. The molecule has 1 aromatic carbocycles. The second-order valence-electron chi connectivity index (χ2n) is 7.41. The molecular formula is C23H33N5O2. The number of amides is 1. The van der Waals surface area contributed by atoms with E-state index in [-0.39, 0.29) is 11.9 Å². The SMILES string of the molecule is CCNC(=O)c1cccc(CN=C(NCC)NCC(c2ccco2)N2CCCC2)c1. The van der Waals surface area contributed by atoms with Crippen LogP contribution in [-0.4, -0.2) is 49.5 Å². The van der Waals surface area contributed by atoms with Gasteiger partial charge in [0.1, 0.15) is 5.76 Å². The number of hydrogen-bond donors (Lipinski definition) is 3. The van der Waals surface area contributed by atoms with Crippen molar-refractivity contribution in [1.82, 2.24) is 20.9 Å².